The van der Waals surface area contributed by atoms with Crippen LogP contribution < -0.4 is 0 Å². The van der Waals surface area contributed by atoms with Gasteiger partial charge in [-0.15, -0.1) is 0 Å². The number of hydrogen-bond donors (Lipinski definition) is 6. The number of hydrogen-bond acceptors (Lipinski definition) is 18. The van der Waals surface area contributed by atoms with Crippen LogP contribution in [-0.4, -0.2) is 185 Å². The molecule has 0 unspecified atom stereocenters. The van der Waals surface area contributed by atoms with Gasteiger partial charge in [0.25, 0.3) is 0 Å². The van der Waals surface area contributed by atoms with Crippen molar-refractivity contribution in [3.8, 4) is 0 Å². The van der Waals surface area contributed by atoms with Crippen molar-refractivity contribution in [1.82, 2.24) is 4.90 Å². The summed E-state index contributed by atoms with van der Waals surface area (Å²) >= 11 is 0. The van der Waals surface area contributed by atoms with Gasteiger partial charge in [0.15, 0.2) is 24.7 Å². The Labute approximate surface area is 371 Å². The minimum absolute atomic E-state index is 0.0407. The average Bonchev–Trinajstić information content (AvgIpc) is 3.21. The summed E-state index contributed by atoms with van der Waals surface area (Å²) in [6.07, 6.45) is -10.0. The van der Waals surface area contributed by atoms with Crippen molar-refractivity contribution >= 4 is 18.0 Å². The number of aldehydes is 1. The maximum absolute atomic E-state index is 13.7. The molecule has 6 N–H and O–H groups in total. The molecule has 18 nitrogen and oxygen atoms in total. The molecule has 63 heavy (non-hydrogen) atoms. The fourth-order valence-corrected chi connectivity index (χ4v) is 9.26. The van der Waals surface area contributed by atoms with Crippen LogP contribution in [0, 0.1) is 23.7 Å². The van der Waals surface area contributed by atoms with E-state index in [0.717, 1.165) is 0 Å². The Morgan fingerprint density at radius 2 is 1.54 bits per heavy atom. The Morgan fingerprint density at radius 1 is 0.873 bits per heavy atom. The van der Waals surface area contributed by atoms with Crippen molar-refractivity contribution in [3.63, 3.8) is 0 Å². The number of likely N-dealkylation sites (N-methyl/N-ethyl adjacent to an activating group) is 1. The molecule has 0 bridgehead atoms. The van der Waals surface area contributed by atoms with Crippen molar-refractivity contribution < 1.29 is 82.9 Å². The second-order valence-electron chi connectivity index (χ2n) is 18.5. The molecule has 0 aromatic carbocycles. The number of cyclic esters (lactones) is 1. The number of nitrogens with zero attached hydrogens (tertiary/aromatic N) is 1. The van der Waals surface area contributed by atoms with Crippen LogP contribution >= 0.6 is 0 Å². The molecule has 0 spiro atoms. The molecule has 0 aromatic heterocycles. The van der Waals surface area contributed by atoms with Gasteiger partial charge in [0, 0.05) is 37.7 Å². The van der Waals surface area contributed by atoms with Crippen molar-refractivity contribution in [1.29, 1.82) is 0 Å². The van der Waals surface area contributed by atoms with Crippen LogP contribution in [0.25, 0.3) is 0 Å². The van der Waals surface area contributed by atoms with E-state index in [1.165, 1.54) is 20.1 Å². The molecule has 3 fully saturated rings. The van der Waals surface area contributed by atoms with Gasteiger partial charge in [-0.2, -0.15) is 0 Å². The Morgan fingerprint density at radius 3 is 2.14 bits per heavy atom. The Balaban J connectivity index is 1.62. The average molecular weight is 902 g/mol. The van der Waals surface area contributed by atoms with Gasteiger partial charge in [-0.25, -0.2) is 0 Å². The van der Waals surface area contributed by atoms with Gasteiger partial charge in [-0.1, -0.05) is 38.5 Å². The predicted molar refractivity (Wildman–Crippen MR) is 226 cm³/mol. The van der Waals surface area contributed by atoms with Gasteiger partial charge in [-0.3, -0.25) is 9.59 Å². The first-order valence-electron chi connectivity index (χ1n) is 22.3. The third kappa shape index (κ3) is 13.4. The summed E-state index contributed by atoms with van der Waals surface area (Å²) in [5.74, 6) is -3.70. The lowest BCUT2D eigenvalue weighted by molar-refractivity contribution is -0.341. The number of ether oxygens (including phenoxy) is 8. The first-order valence-corrected chi connectivity index (χ1v) is 22.3. The van der Waals surface area contributed by atoms with Crippen molar-refractivity contribution in [3.05, 3.63) is 23.8 Å². The fourth-order valence-electron chi connectivity index (χ4n) is 9.26. The van der Waals surface area contributed by atoms with Crippen LogP contribution in [0.5, 0.6) is 0 Å². The summed E-state index contributed by atoms with van der Waals surface area (Å²) in [6, 6.07) is -0.754. The smallest absolute Gasteiger partial charge is 0.308 e. The molecule has 4 rings (SSSR count). The third-order valence-corrected chi connectivity index (χ3v) is 13.2. The molecule has 0 aromatic rings. The van der Waals surface area contributed by atoms with E-state index < -0.39 is 140 Å². The van der Waals surface area contributed by atoms with Crippen molar-refractivity contribution in [2.24, 2.45) is 23.7 Å². The number of carbonyl (C=O) groups is 3. The Hall–Kier alpha value is -2.27. The molecule has 0 radical (unpaired) electrons. The summed E-state index contributed by atoms with van der Waals surface area (Å²) in [4.78, 5) is 41.4. The highest BCUT2D eigenvalue weighted by Gasteiger charge is 2.51. The zero-order chi connectivity index (χ0) is 47.1. The lowest BCUT2D eigenvalue weighted by atomic mass is 9.79. The summed E-state index contributed by atoms with van der Waals surface area (Å²) in [5, 5.41) is 66.0. The molecular weight excluding hydrogens is 826 g/mol. The van der Waals surface area contributed by atoms with E-state index in [1.807, 2.05) is 13.0 Å². The van der Waals surface area contributed by atoms with Crippen molar-refractivity contribution in [2.45, 2.75) is 191 Å². The lowest BCUT2D eigenvalue weighted by Gasteiger charge is -2.50. The van der Waals surface area contributed by atoms with Gasteiger partial charge in [0.2, 0.25) is 0 Å². The predicted octanol–water partition coefficient (Wildman–Crippen LogP) is 1.18. The number of aliphatic hydroxyl groups excluding tert-OH is 5. The third-order valence-electron chi connectivity index (χ3n) is 13.2. The molecule has 4 aliphatic heterocycles. The quantitative estimate of drug-likeness (QED) is 0.119. The van der Waals surface area contributed by atoms with E-state index in [2.05, 4.69) is 0 Å². The van der Waals surface area contributed by atoms with Gasteiger partial charge < -0.3 is 78.2 Å². The second kappa shape index (κ2) is 23.5. The summed E-state index contributed by atoms with van der Waals surface area (Å²) < 4.78 is 48.5. The number of methoxy groups -OCH3 is 1. The number of aliphatic hydroxyl groups is 6. The Bertz CT molecular complexity index is 1540. The number of allylic oxidation sites excluding steroid dienone is 3. The SMILES string of the molecule is CC[C@H]1OC(=O)C[C@@H](O)[C@H](C)[C@@H](O[C@@H]2O[C@H](C)[C@@H](O[C@H]3C[C@@](C)(O)[C@@H](O)[C@H](C)O3)[C@H](N(C)C)[C@H]2O)[C@@H](CC=O)C[C@@H](C)C(=O)/C=C/C(C)=C\[C@@H]1CO[C@@H]1O[C@H](C)[C@@H](O)[C@@H](O)[C@H]1OC. The van der Waals surface area contributed by atoms with Crippen LogP contribution in [0.3, 0.4) is 0 Å². The molecule has 362 valence electrons. The highest BCUT2D eigenvalue weighted by atomic mass is 16.7. The maximum Gasteiger partial charge on any atom is 0.308 e. The zero-order valence-corrected chi connectivity index (χ0v) is 38.7. The van der Waals surface area contributed by atoms with Crippen LogP contribution in [0.15, 0.2) is 23.8 Å². The van der Waals surface area contributed by atoms with E-state index in [9.17, 15) is 45.0 Å². The maximum atomic E-state index is 13.7. The lowest BCUT2D eigenvalue weighted by Crippen LogP contribution is -2.65. The molecule has 3 saturated heterocycles. The van der Waals surface area contributed by atoms with Crippen LogP contribution in [-0.2, 0) is 52.3 Å². The normalized spacial score (nSPS) is 46.5. The molecule has 21 atom stereocenters. The monoisotopic (exact) mass is 902 g/mol. The van der Waals surface area contributed by atoms with E-state index in [-0.39, 0.29) is 31.7 Å². The van der Waals surface area contributed by atoms with E-state index in [1.54, 1.807) is 66.6 Å². The minimum Gasteiger partial charge on any atom is -0.462 e. The highest BCUT2D eigenvalue weighted by Crippen LogP contribution is 2.37. The standard InChI is InChI=1S/C45H75NO17/c1-12-32-29(21-57-44-41(56-11)38(53)36(51)25(5)59-44)17-22(2)13-14-30(48)23(3)18-28(15-16-47)39(24(4)31(49)19-33(50)61-32)63-43-37(52)35(46(9)10)40(26(6)60-43)62-34-20-45(8,55)42(54)27(7)58-34/h13-14,16-17,23-29,31-32,34-44,49,51-55H,12,15,18-21H2,1-11H3/b14-13+,22-17-/t23-,24+,25-,26-,27+,28+,29-,31-,32-,34+,35-,36-,37-,38-,39-,40-,41-,42+,43+,44-,45-/m1/s1. The fraction of sp³-hybridized carbons (Fsp3) is 0.844. The van der Waals surface area contributed by atoms with Crippen molar-refractivity contribution in [2.75, 3.05) is 27.8 Å². The summed E-state index contributed by atoms with van der Waals surface area (Å²) in [6.45, 7) is 13.4. The van der Waals surface area contributed by atoms with Crippen LogP contribution in [0.2, 0.25) is 0 Å². The Kier molecular flexibility index (Phi) is 19.9. The molecular formula is C45H75NO17. The zero-order valence-electron chi connectivity index (χ0n) is 38.7. The van der Waals surface area contributed by atoms with Crippen LogP contribution in [0.4, 0.5) is 0 Å². The highest BCUT2D eigenvalue weighted by molar-refractivity contribution is 5.91. The molecule has 0 amide bonds. The number of ketones is 1. The van der Waals surface area contributed by atoms with E-state index >= 15 is 0 Å². The molecule has 4 aliphatic rings. The number of rotatable bonds is 12. The number of esters is 1. The number of carbonyl (C=O) groups excluding carboxylic acids is 3. The van der Waals surface area contributed by atoms with Crippen LogP contribution in [0.1, 0.15) is 87.5 Å². The van der Waals surface area contributed by atoms with Gasteiger partial charge in [-0.05, 0) is 73.5 Å². The van der Waals surface area contributed by atoms with E-state index in [0.29, 0.717) is 18.3 Å². The largest absolute Gasteiger partial charge is 0.462 e. The first-order chi connectivity index (χ1) is 29.5. The molecule has 0 saturated carbocycles. The topological polar surface area (TPSA) is 250 Å². The van der Waals surface area contributed by atoms with Gasteiger partial charge in [0.05, 0.1) is 55.2 Å². The molecule has 0 aliphatic carbocycles. The summed E-state index contributed by atoms with van der Waals surface area (Å²) in [5.41, 5.74) is -0.837. The molecule has 4 heterocycles. The van der Waals surface area contributed by atoms with Gasteiger partial charge in [0.1, 0.15) is 49.0 Å². The summed E-state index contributed by atoms with van der Waals surface area (Å²) in [7, 11) is 4.86. The molecule has 18 heteroatoms. The second-order valence-corrected chi connectivity index (χ2v) is 18.5. The minimum atomic E-state index is -1.49. The first kappa shape index (κ1) is 53.3. The van der Waals surface area contributed by atoms with E-state index in [4.69, 9.17) is 37.9 Å². The van der Waals surface area contributed by atoms with Gasteiger partial charge >= 0.3 is 5.97 Å².